The van der Waals surface area contributed by atoms with Gasteiger partial charge in [-0.3, -0.25) is 9.88 Å². The number of anilines is 3. The first-order valence-electron chi connectivity index (χ1n) is 12.8. The Morgan fingerprint density at radius 3 is 2.60 bits per heavy atom. The second-order valence-corrected chi connectivity index (χ2v) is 12.3. The zero-order chi connectivity index (χ0) is 27.4. The Morgan fingerprint density at radius 2 is 1.80 bits per heavy atom. The SMILES string of the molecule is [C-]#[N+]/C(C#N)=C\c1cc2sc3c(c2s1)C(C)(C)c1cc(N(c2ccccc2)c2ccc4ccccc4n2)cnc1-3. The van der Waals surface area contributed by atoms with Gasteiger partial charge in [-0.25, -0.2) is 15.1 Å². The molecule has 6 aromatic rings. The first-order valence-corrected chi connectivity index (χ1v) is 14.4. The van der Waals surface area contributed by atoms with Crippen molar-refractivity contribution in [2.45, 2.75) is 19.3 Å². The second kappa shape index (κ2) is 9.14. The standard InChI is InChI=1S/C33H21N5S2/c1-33(2)25-16-23(38(22-10-5-4-6-11-22)28-14-13-20-9-7-8-12-26(20)37-28)19-36-30(25)32-29(33)31-27(40-32)17-24(39-31)15-21(18-34)35-3/h4-17,19H,1-2H3/b21-15-. The number of nitrogens with zero attached hydrogens (tertiary/aromatic N) is 5. The van der Waals surface area contributed by atoms with Crippen molar-refractivity contribution in [1.82, 2.24) is 9.97 Å². The first-order chi connectivity index (χ1) is 19.5. The molecule has 0 unspecified atom stereocenters. The molecule has 5 nitrogen and oxygen atoms in total. The van der Waals surface area contributed by atoms with E-state index in [4.69, 9.17) is 16.5 Å². The van der Waals surface area contributed by atoms with Gasteiger partial charge < -0.3 is 0 Å². The number of fused-ring (bicyclic) bond motifs is 6. The van der Waals surface area contributed by atoms with Gasteiger partial charge in [-0.15, -0.1) is 22.7 Å². The van der Waals surface area contributed by atoms with E-state index in [1.54, 1.807) is 28.7 Å². The molecule has 0 fully saturated rings. The summed E-state index contributed by atoms with van der Waals surface area (Å²) in [5.41, 5.74) is 6.22. The molecule has 0 amide bonds. The predicted molar refractivity (Wildman–Crippen MR) is 165 cm³/mol. The third-order valence-electron chi connectivity index (χ3n) is 7.37. The molecule has 0 aliphatic heterocycles. The Morgan fingerprint density at radius 1 is 1.00 bits per heavy atom. The lowest BCUT2D eigenvalue weighted by Gasteiger charge is -2.27. The molecule has 0 saturated carbocycles. The van der Waals surface area contributed by atoms with Crippen LogP contribution >= 0.6 is 22.7 Å². The van der Waals surface area contributed by atoms with E-state index in [1.165, 1.54) is 25.4 Å². The highest BCUT2D eigenvalue weighted by atomic mass is 32.1. The van der Waals surface area contributed by atoms with Crippen LogP contribution in [0.4, 0.5) is 17.2 Å². The van der Waals surface area contributed by atoms with E-state index in [-0.39, 0.29) is 11.1 Å². The summed E-state index contributed by atoms with van der Waals surface area (Å²) in [4.78, 5) is 17.7. The van der Waals surface area contributed by atoms with Crippen LogP contribution in [-0.2, 0) is 5.41 Å². The molecule has 4 aromatic heterocycles. The summed E-state index contributed by atoms with van der Waals surface area (Å²) in [5.74, 6) is 0.836. The van der Waals surface area contributed by atoms with Crippen molar-refractivity contribution in [2.24, 2.45) is 0 Å². The molecule has 40 heavy (non-hydrogen) atoms. The van der Waals surface area contributed by atoms with Gasteiger partial charge >= 0.3 is 0 Å². The molecule has 0 radical (unpaired) electrons. The molecule has 1 aliphatic rings. The molecule has 190 valence electrons. The van der Waals surface area contributed by atoms with Gasteiger partial charge in [-0.1, -0.05) is 50.2 Å². The Balaban J connectivity index is 1.37. The zero-order valence-electron chi connectivity index (χ0n) is 21.7. The van der Waals surface area contributed by atoms with Crippen molar-refractivity contribution in [3.63, 3.8) is 0 Å². The number of allylic oxidation sites excluding steroid dienone is 1. The van der Waals surface area contributed by atoms with Crippen molar-refractivity contribution < 1.29 is 0 Å². The van der Waals surface area contributed by atoms with Crippen molar-refractivity contribution in [3.05, 3.63) is 118 Å². The highest BCUT2D eigenvalue weighted by molar-refractivity contribution is 7.30. The summed E-state index contributed by atoms with van der Waals surface area (Å²) in [6.07, 6.45) is 3.63. The maximum absolute atomic E-state index is 9.22. The predicted octanol–water partition coefficient (Wildman–Crippen LogP) is 9.47. The van der Waals surface area contributed by atoms with Crippen LogP contribution < -0.4 is 4.90 Å². The maximum atomic E-state index is 9.22. The third-order valence-corrected chi connectivity index (χ3v) is 9.74. The van der Waals surface area contributed by atoms with Gasteiger partial charge in [0.1, 0.15) is 5.82 Å². The van der Waals surface area contributed by atoms with E-state index in [0.717, 1.165) is 38.7 Å². The minimum absolute atomic E-state index is 0.0997. The topological polar surface area (TPSA) is 57.2 Å². The minimum atomic E-state index is -0.269. The summed E-state index contributed by atoms with van der Waals surface area (Å²) in [6.45, 7) is 11.7. The van der Waals surface area contributed by atoms with Gasteiger partial charge in [-0.05, 0) is 54.1 Å². The molecule has 7 rings (SSSR count). The molecule has 0 atom stereocenters. The minimum Gasteiger partial charge on any atom is -0.293 e. The van der Waals surface area contributed by atoms with Gasteiger partial charge in [-0.2, -0.15) is 0 Å². The van der Waals surface area contributed by atoms with E-state index >= 15 is 0 Å². The van der Waals surface area contributed by atoms with Crippen LogP contribution in [0, 0.1) is 17.9 Å². The van der Waals surface area contributed by atoms with Gasteiger partial charge in [0, 0.05) is 31.6 Å². The van der Waals surface area contributed by atoms with Gasteiger partial charge in [0.2, 0.25) is 0 Å². The number of benzene rings is 2. The molecule has 4 heterocycles. The lowest BCUT2D eigenvalue weighted by atomic mass is 9.83. The van der Waals surface area contributed by atoms with Crippen LogP contribution in [0.5, 0.6) is 0 Å². The Labute approximate surface area is 239 Å². The number of pyridine rings is 2. The van der Waals surface area contributed by atoms with Gasteiger partial charge in [0.05, 0.1) is 45.3 Å². The highest BCUT2D eigenvalue weighted by Crippen LogP contribution is 2.57. The molecule has 0 bridgehead atoms. The van der Waals surface area contributed by atoms with Crippen LogP contribution in [0.25, 0.3) is 41.8 Å². The molecule has 2 aromatic carbocycles. The number of thiophene rings is 2. The summed E-state index contributed by atoms with van der Waals surface area (Å²) in [7, 11) is 0. The molecule has 0 N–H and O–H groups in total. The van der Waals surface area contributed by atoms with Crippen molar-refractivity contribution in [2.75, 3.05) is 4.90 Å². The first kappa shape index (κ1) is 24.2. The van der Waals surface area contributed by atoms with Crippen molar-refractivity contribution >= 4 is 66.2 Å². The van der Waals surface area contributed by atoms with E-state index in [2.05, 4.69) is 66.1 Å². The van der Waals surface area contributed by atoms with Gasteiger partial charge in [0.25, 0.3) is 5.70 Å². The van der Waals surface area contributed by atoms with Crippen LogP contribution in [0.2, 0.25) is 0 Å². The summed E-state index contributed by atoms with van der Waals surface area (Å²) in [6, 6.07) is 28.9. The van der Waals surface area contributed by atoms with Crippen molar-refractivity contribution in [3.8, 4) is 16.6 Å². The molecular weight excluding hydrogens is 531 g/mol. The van der Waals surface area contributed by atoms with E-state index in [0.29, 0.717) is 0 Å². The van der Waals surface area contributed by atoms with E-state index in [9.17, 15) is 5.26 Å². The van der Waals surface area contributed by atoms with Crippen LogP contribution in [0.3, 0.4) is 0 Å². The Hall–Kier alpha value is -4.82. The van der Waals surface area contributed by atoms with Crippen molar-refractivity contribution in [1.29, 1.82) is 5.26 Å². The smallest absolute Gasteiger partial charge is 0.263 e. The summed E-state index contributed by atoms with van der Waals surface area (Å²) < 4.78 is 2.37. The third kappa shape index (κ3) is 3.71. The van der Waals surface area contributed by atoms with E-state index < -0.39 is 0 Å². The number of para-hydroxylation sites is 2. The van der Waals surface area contributed by atoms with Crippen LogP contribution in [0.15, 0.2) is 90.8 Å². The molecule has 1 aliphatic carbocycles. The van der Waals surface area contributed by atoms with E-state index in [1.807, 2.05) is 48.7 Å². The number of hydrogen-bond acceptors (Lipinski definition) is 6. The Kier molecular flexibility index (Phi) is 5.54. The summed E-state index contributed by atoms with van der Waals surface area (Å²) >= 11 is 3.37. The normalized spacial score (nSPS) is 13.6. The second-order valence-electron chi connectivity index (χ2n) is 10.1. The highest BCUT2D eigenvalue weighted by Gasteiger charge is 2.41. The fourth-order valence-corrected chi connectivity index (χ4v) is 8.39. The molecular formula is C33H21N5S2. The van der Waals surface area contributed by atoms with Gasteiger partial charge in [0.15, 0.2) is 0 Å². The van der Waals surface area contributed by atoms with Crippen LogP contribution in [0.1, 0.15) is 29.9 Å². The van der Waals surface area contributed by atoms with Crippen LogP contribution in [-0.4, -0.2) is 9.97 Å². The zero-order valence-corrected chi connectivity index (χ0v) is 23.3. The fraction of sp³-hybridized carbons (Fsp3) is 0.0909. The lowest BCUT2D eigenvalue weighted by Crippen LogP contribution is -2.17. The quantitative estimate of drug-likeness (QED) is 0.162. The number of hydrogen-bond donors (Lipinski definition) is 0. The fourth-order valence-electron chi connectivity index (χ4n) is 5.47. The average Bonchev–Trinajstić information content (AvgIpc) is 3.60. The average molecular weight is 552 g/mol. The number of aromatic nitrogens is 2. The molecule has 0 spiro atoms. The lowest BCUT2D eigenvalue weighted by molar-refractivity contribution is 0.666. The number of nitriles is 1. The largest absolute Gasteiger partial charge is 0.293 e. The molecule has 0 saturated heterocycles. The monoisotopic (exact) mass is 551 g/mol. The summed E-state index contributed by atoms with van der Waals surface area (Å²) in [5, 5.41) is 10.3. The maximum Gasteiger partial charge on any atom is 0.263 e. The number of rotatable bonds is 4. The molecule has 7 heteroatoms. The Bertz CT molecular complexity index is 2050.